The molecule has 0 radical (unpaired) electrons. The minimum Gasteiger partial charge on any atom is -0.494 e. The third kappa shape index (κ3) is 5.10. The van der Waals surface area contributed by atoms with Crippen molar-refractivity contribution in [2.24, 2.45) is 0 Å². The highest BCUT2D eigenvalue weighted by molar-refractivity contribution is 6.39. The zero-order valence-electron chi connectivity index (χ0n) is 18.0. The van der Waals surface area contributed by atoms with Gasteiger partial charge in [0.2, 0.25) is 0 Å². The molecule has 4 rings (SSSR count). The van der Waals surface area contributed by atoms with Crippen LogP contribution in [0.5, 0.6) is 11.5 Å². The third-order valence-corrected chi connectivity index (χ3v) is 4.93. The lowest BCUT2D eigenvalue weighted by molar-refractivity contribution is -0.122. The summed E-state index contributed by atoms with van der Waals surface area (Å²) in [5.41, 5.74) is 1.80. The molecule has 1 aliphatic rings. The fourth-order valence-electron chi connectivity index (χ4n) is 3.35. The highest BCUT2D eigenvalue weighted by Crippen LogP contribution is 2.25. The van der Waals surface area contributed by atoms with Gasteiger partial charge >= 0.3 is 6.03 Å². The Hall–Kier alpha value is -4.39. The topological polar surface area (TPSA) is 84.9 Å². The molecule has 0 aliphatic carbocycles. The highest BCUT2D eigenvalue weighted by Gasteiger charge is 2.36. The molecular weight excluding hydrogens is 420 g/mol. The summed E-state index contributed by atoms with van der Waals surface area (Å²) in [5, 5.41) is 2.23. The van der Waals surface area contributed by atoms with Gasteiger partial charge in [0.05, 0.1) is 12.3 Å². The quantitative estimate of drug-likeness (QED) is 0.435. The number of hydrogen-bond acceptors (Lipinski definition) is 5. The number of amides is 4. The summed E-state index contributed by atoms with van der Waals surface area (Å²) in [7, 11) is 0. The lowest BCUT2D eigenvalue weighted by Gasteiger charge is -2.26. The standard InChI is InChI=1S/C26H22N2O5/c1-2-32-21-13-11-20(12-14-21)28-25(30)23(24(29)27-26(28)31)16-19-9-6-10-22(15-19)33-17-18-7-4-3-5-8-18/h3-16H,2,17H2,1H3,(H,27,29,31)/b23-16-. The number of benzene rings is 3. The lowest BCUT2D eigenvalue weighted by Crippen LogP contribution is -2.54. The summed E-state index contributed by atoms with van der Waals surface area (Å²) in [6.45, 7) is 2.75. The second-order valence-electron chi connectivity index (χ2n) is 7.23. The Morgan fingerprint density at radius 3 is 2.33 bits per heavy atom. The second kappa shape index (κ2) is 9.82. The van der Waals surface area contributed by atoms with Crippen molar-refractivity contribution in [1.82, 2.24) is 5.32 Å². The number of imide groups is 2. The number of carbonyl (C=O) groups is 3. The Labute approximate surface area is 191 Å². The molecule has 0 atom stereocenters. The van der Waals surface area contributed by atoms with Crippen LogP contribution >= 0.6 is 0 Å². The van der Waals surface area contributed by atoms with Crippen molar-refractivity contribution in [3.05, 3.63) is 95.6 Å². The molecule has 33 heavy (non-hydrogen) atoms. The molecular formula is C26H22N2O5. The van der Waals surface area contributed by atoms with Gasteiger partial charge in [-0.25, -0.2) is 9.69 Å². The number of ether oxygens (including phenoxy) is 2. The fourth-order valence-corrected chi connectivity index (χ4v) is 3.35. The number of nitrogens with zero attached hydrogens (tertiary/aromatic N) is 1. The molecule has 166 valence electrons. The number of barbiturate groups is 1. The van der Waals surface area contributed by atoms with Gasteiger partial charge in [0, 0.05) is 0 Å². The summed E-state index contributed by atoms with van der Waals surface area (Å²) in [5.74, 6) is -0.243. The Kier molecular flexibility index (Phi) is 6.50. The molecule has 1 heterocycles. The maximum absolute atomic E-state index is 13.1. The van der Waals surface area contributed by atoms with Gasteiger partial charge in [-0.1, -0.05) is 42.5 Å². The average Bonchev–Trinajstić information content (AvgIpc) is 2.82. The summed E-state index contributed by atoms with van der Waals surface area (Å²) < 4.78 is 11.2. The Morgan fingerprint density at radius 2 is 1.61 bits per heavy atom. The van der Waals surface area contributed by atoms with E-state index in [0.29, 0.717) is 36.0 Å². The van der Waals surface area contributed by atoms with Gasteiger partial charge in [0.1, 0.15) is 23.7 Å². The van der Waals surface area contributed by atoms with Crippen LogP contribution in [0.4, 0.5) is 10.5 Å². The molecule has 1 N–H and O–H groups in total. The van der Waals surface area contributed by atoms with Crippen molar-refractivity contribution in [1.29, 1.82) is 0 Å². The zero-order chi connectivity index (χ0) is 23.2. The molecule has 7 heteroatoms. The largest absolute Gasteiger partial charge is 0.494 e. The summed E-state index contributed by atoms with van der Waals surface area (Å²) in [4.78, 5) is 38.8. The molecule has 1 aliphatic heterocycles. The van der Waals surface area contributed by atoms with Crippen molar-refractivity contribution in [2.75, 3.05) is 11.5 Å². The molecule has 7 nitrogen and oxygen atoms in total. The van der Waals surface area contributed by atoms with Crippen molar-refractivity contribution in [3.8, 4) is 11.5 Å². The second-order valence-corrected chi connectivity index (χ2v) is 7.23. The van der Waals surface area contributed by atoms with E-state index in [9.17, 15) is 14.4 Å². The van der Waals surface area contributed by atoms with Gasteiger partial charge in [0.25, 0.3) is 11.8 Å². The predicted octanol–water partition coefficient (Wildman–Crippen LogP) is 4.33. The van der Waals surface area contributed by atoms with Crippen LogP contribution in [0.25, 0.3) is 6.08 Å². The maximum atomic E-state index is 13.1. The zero-order valence-corrected chi connectivity index (χ0v) is 18.0. The summed E-state index contributed by atoms with van der Waals surface area (Å²) in [6.07, 6.45) is 1.45. The predicted molar refractivity (Wildman–Crippen MR) is 124 cm³/mol. The Morgan fingerprint density at radius 1 is 0.848 bits per heavy atom. The fraction of sp³-hybridized carbons (Fsp3) is 0.115. The van der Waals surface area contributed by atoms with Crippen LogP contribution in [0.1, 0.15) is 18.1 Å². The van der Waals surface area contributed by atoms with Crippen molar-refractivity contribution < 1.29 is 23.9 Å². The minimum absolute atomic E-state index is 0.149. The van der Waals surface area contributed by atoms with Gasteiger partial charge < -0.3 is 9.47 Å². The van der Waals surface area contributed by atoms with E-state index >= 15 is 0 Å². The van der Waals surface area contributed by atoms with E-state index in [0.717, 1.165) is 10.5 Å². The van der Waals surface area contributed by atoms with E-state index < -0.39 is 17.8 Å². The van der Waals surface area contributed by atoms with Crippen LogP contribution in [0.3, 0.4) is 0 Å². The average molecular weight is 442 g/mol. The first kappa shape index (κ1) is 21.8. The molecule has 0 aromatic heterocycles. The third-order valence-electron chi connectivity index (χ3n) is 4.93. The maximum Gasteiger partial charge on any atom is 0.335 e. The van der Waals surface area contributed by atoms with Gasteiger partial charge in [-0.3, -0.25) is 14.9 Å². The normalized spacial score (nSPS) is 14.9. The SMILES string of the molecule is CCOc1ccc(N2C(=O)NC(=O)/C(=C/c3cccc(OCc4ccccc4)c3)C2=O)cc1. The van der Waals surface area contributed by atoms with Gasteiger partial charge in [0.15, 0.2) is 0 Å². The van der Waals surface area contributed by atoms with Crippen LogP contribution in [0.2, 0.25) is 0 Å². The Bertz CT molecular complexity index is 1200. The highest BCUT2D eigenvalue weighted by atomic mass is 16.5. The van der Waals surface area contributed by atoms with Crippen molar-refractivity contribution in [3.63, 3.8) is 0 Å². The number of urea groups is 1. The number of rotatable bonds is 7. The van der Waals surface area contributed by atoms with Crippen LogP contribution < -0.4 is 19.7 Å². The number of carbonyl (C=O) groups excluding carboxylic acids is 3. The minimum atomic E-state index is -0.800. The molecule has 0 saturated carbocycles. The van der Waals surface area contributed by atoms with E-state index in [1.54, 1.807) is 48.5 Å². The monoisotopic (exact) mass is 442 g/mol. The lowest BCUT2D eigenvalue weighted by atomic mass is 10.1. The van der Waals surface area contributed by atoms with Crippen molar-refractivity contribution in [2.45, 2.75) is 13.5 Å². The van der Waals surface area contributed by atoms with E-state index in [2.05, 4.69) is 5.32 Å². The smallest absolute Gasteiger partial charge is 0.335 e. The molecule has 1 fully saturated rings. The van der Waals surface area contributed by atoms with E-state index in [1.165, 1.54) is 6.08 Å². The first-order valence-corrected chi connectivity index (χ1v) is 10.5. The molecule has 4 amide bonds. The van der Waals surface area contributed by atoms with Crippen LogP contribution in [-0.4, -0.2) is 24.5 Å². The van der Waals surface area contributed by atoms with E-state index in [1.807, 2.05) is 37.3 Å². The molecule has 0 spiro atoms. The molecule has 0 bridgehead atoms. The molecule has 3 aromatic rings. The first-order chi connectivity index (χ1) is 16.0. The first-order valence-electron chi connectivity index (χ1n) is 10.5. The van der Waals surface area contributed by atoms with Crippen LogP contribution in [0.15, 0.2) is 84.4 Å². The van der Waals surface area contributed by atoms with E-state index in [4.69, 9.17) is 9.47 Å². The number of hydrogen-bond donors (Lipinski definition) is 1. The van der Waals surface area contributed by atoms with Gasteiger partial charge in [-0.05, 0) is 60.5 Å². The van der Waals surface area contributed by atoms with Crippen LogP contribution in [-0.2, 0) is 16.2 Å². The van der Waals surface area contributed by atoms with E-state index in [-0.39, 0.29) is 5.57 Å². The summed E-state index contributed by atoms with van der Waals surface area (Å²) >= 11 is 0. The summed E-state index contributed by atoms with van der Waals surface area (Å²) in [6, 6.07) is 22.5. The number of nitrogens with one attached hydrogen (secondary N) is 1. The molecule has 1 saturated heterocycles. The van der Waals surface area contributed by atoms with Crippen LogP contribution in [0, 0.1) is 0 Å². The number of anilines is 1. The molecule has 0 unspecified atom stereocenters. The van der Waals surface area contributed by atoms with Gasteiger partial charge in [-0.15, -0.1) is 0 Å². The molecule has 3 aromatic carbocycles. The Balaban J connectivity index is 1.55. The van der Waals surface area contributed by atoms with Crippen molar-refractivity contribution >= 4 is 29.6 Å². The van der Waals surface area contributed by atoms with Gasteiger partial charge in [-0.2, -0.15) is 0 Å².